The SMILES string of the molecule is CC(NC(=O)CN)C(=O)NCC(=O)NC(C)C(=O)NCC(=O)NC(CO)C(=O)O. The molecule has 5 amide bonds. The summed E-state index contributed by atoms with van der Waals surface area (Å²) in [6.07, 6.45) is 0. The Balaban J connectivity index is 4.28. The van der Waals surface area contributed by atoms with Crippen LogP contribution in [-0.2, 0) is 28.8 Å². The molecule has 9 N–H and O–H groups in total. The minimum Gasteiger partial charge on any atom is -0.480 e. The summed E-state index contributed by atoms with van der Waals surface area (Å²) in [5.74, 6) is -4.90. The van der Waals surface area contributed by atoms with E-state index in [1.807, 2.05) is 5.32 Å². The summed E-state index contributed by atoms with van der Waals surface area (Å²) in [4.78, 5) is 68.7. The highest BCUT2D eigenvalue weighted by molar-refractivity contribution is 5.93. The van der Waals surface area contributed by atoms with Gasteiger partial charge in [0, 0.05) is 0 Å². The molecular formula is C15H26N6O8. The number of hydrogen-bond acceptors (Lipinski definition) is 8. The molecule has 0 spiro atoms. The fourth-order valence-electron chi connectivity index (χ4n) is 1.80. The second-order valence-corrected chi connectivity index (χ2v) is 5.86. The molecule has 0 fully saturated rings. The first kappa shape index (κ1) is 25.7. The summed E-state index contributed by atoms with van der Waals surface area (Å²) >= 11 is 0. The van der Waals surface area contributed by atoms with Gasteiger partial charge in [0.25, 0.3) is 0 Å². The number of nitrogens with two attached hydrogens (primary N) is 1. The zero-order valence-electron chi connectivity index (χ0n) is 16.0. The molecule has 3 unspecified atom stereocenters. The van der Waals surface area contributed by atoms with Gasteiger partial charge in [0.2, 0.25) is 29.5 Å². The topological polar surface area (TPSA) is 229 Å². The molecule has 0 saturated carbocycles. The molecule has 0 aliphatic rings. The maximum absolute atomic E-state index is 11.9. The van der Waals surface area contributed by atoms with Crippen molar-refractivity contribution in [1.82, 2.24) is 26.6 Å². The zero-order chi connectivity index (χ0) is 22.6. The van der Waals surface area contributed by atoms with Gasteiger partial charge in [-0.3, -0.25) is 24.0 Å². The lowest BCUT2D eigenvalue weighted by Gasteiger charge is -2.16. The molecule has 0 radical (unpaired) electrons. The molecule has 0 rings (SSSR count). The number of aliphatic carboxylic acids is 1. The lowest BCUT2D eigenvalue weighted by atomic mass is 10.3. The number of aliphatic hydroxyl groups excluding tert-OH is 1. The monoisotopic (exact) mass is 418 g/mol. The van der Waals surface area contributed by atoms with Crippen LogP contribution in [-0.4, -0.2) is 90.1 Å². The van der Waals surface area contributed by atoms with Crippen molar-refractivity contribution in [3.8, 4) is 0 Å². The highest BCUT2D eigenvalue weighted by atomic mass is 16.4. The first-order chi connectivity index (χ1) is 13.5. The van der Waals surface area contributed by atoms with Gasteiger partial charge in [0.05, 0.1) is 26.2 Å². The Morgan fingerprint density at radius 3 is 1.59 bits per heavy atom. The van der Waals surface area contributed by atoms with Gasteiger partial charge < -0.3 is 42.5 Å². The van der Waals surface area contributed by atoms with Gasteiger partial charge in [-0.15, -0.1) is 0 Å². The number of carbonyl (C=O) groups is 6. The predicted molar refractivity (Wildman–Crippen MR) is 96.9 cm³/mol. The molecule has 0 aromatic carbocycles. The van der Waals surface area contributed by atoms with Crippen LogP contribution < -0.4 is 32.3 Å². The van der Waals surface area contributed by atoms with Crippen LogP contribution in [0.4, 0.5) is 0 Å². The lowest BCUT2D eigenvalue weighted by Crippen LogP contribution is -2.52. The second-order valence-electron chi connectivity index (χ2n) is 5.86. The number of rotatable bonds is 12. The van der Waals surface area contributed by atoms with E-state index in [1.165, 1.54) is 13.8 Å². The van der Waals surface area contributed by atoms with Crippen molar-refractivity contribution in [2.24, 2.45) is 5.73 Å². The van der Waals surface area contributed by atoms with Crippen LogP contribution in [0.2, 0.25) is 0 Å². The van der Waals surface area contributed by atoms with Crippen molar-refractivity contribution >= 4 is 35.5 Å². The van der Waals surface area contributed by atoms with Crippen molar-refractivity contribution in [3.63, 3.8) is 0 Å². The number of nitrogens with one attached hydrogen (secondary N) is 5. The van der Waals surface area contributed by atoms with Crippen molar-refractivity contribution in [2.75, 3.05) is 26.2 Å². The normalized spacial score (nSPS) is 13.2. The molecule has 29 heavy (non-hydrogen) atoms. The summed E-state index contributed by atoms with van der Waals surface area (Å²) in [5.41, 5.74) is 5.11. The minimum absolute atomic E-state index is 0.292. The largest absolute Gasteiger partial charge is 0.480 e. The Morgan fingerprint density at radius 2 is 1.21 bits per heavy atom. The number of hydrogen-bond donors (Lipinski definition) is 8. The summed E-state index contributed by atoms with van der Waals surface area (Å²) in [6.45, 7) is 0.578. The van der Waals surface area contributed by atoms with E-state index >= 15 is 0 Å². The van der Waals surface area contributed by atoms with Crippen molar-refractivity contribution in [3.05, 3.63) is 0 Å². The molecule has 14 heteroatoms. The fraction of sp³-hybridized carbons (Fsp3) is 0.600. The van der Waals surface area contributed by atoms with Crippen LogP contribution >= 0.6 is 0 Å². The Hall–Kier alpha value is -3.26. The van der Waals surface area contributed by atoms with E-state index in [-0.39, 0.29) is 6.54 Å². The highest BCUT2D eigenvalue weighted by Gasteiger charge is 2.21. The number of carbonyl (C=O) groups excluding carboxylic acids is 5. The quantitative estimate of drug-likeness (QED) is 0.151. The van der Waals surface area contributed by atoms with Gasteiger partial charge in [-0.1, -0.05) is 0 Å². The van der Waals surface area contributed by atoms with Gasteiger partial charge in [-0.05, 0) is 13.8 Å². The summed E-state index contributed by atoms with van der Waals surface area (Å²) in [7, 11) is 0. The zero-order valence-corrected chi connectivity index (χ0v) is 16.0. The molecule has 164 valence electrons. The first-order valence-corrected chi connectivity index (χ1v) is 8.49. The smallest absolute Gasteiger partial charge is 0.328 e. The van der Waals surface area contributed by atoms with Crippen LogP contribution in [0.3, 0.4) is 0 Å². The molecule has 0 saturated heterocycles. The van der Waals surface area contributed by atoms with Crippen molar-refractivity contribution in [2.45, 2.75) is 32.0 Å². The van der Waals surface area contributed by atoms with Crippen molar-refractivity contribution < 1.29 is 39.0 Å². The summed E-state index contributed by atoms with van der Waals surface area (Å²) in [6, 6.07) is -3.47. The van der Waals surface area contributed by atoms with Gasteiger partial charge in [-0.25, -0.2) is 4.79 Å². The molecule has 0 heterocycles. The molecular weight excluding hydrogens is 392 g/mol. The third kappa shape index (κ3) is 10.6. The third-order valence-electron chi connectivity index (χ3n) is 3.39. The predicted octanol–water partition coefficient (Wildman–Crippen LogP) is -5.25. The van der Waals surface area contributed by atoms with E-state index in [2.05, 4.69) is 21.3 Å². The van der Waals surface area contributed by atoms with Gasteiger partial charge in [-0.2, -0.15) is 0 Å². The maximum Gasteiger partial charge on any atom is 0.328 e. The Morgan fingerprint density at radius 1 is 0.793 bits per heavy atom. The second kappa shape index (κ2) is 13.0. The van der Waals surface area contributed by atoms with Crippen LogP contribution in [0.15, 0.2) is 0 Å². The average Bonchev–Trinajstić information content (AvgIpc) is 2.67. The van der Waals surface area contributed by atoms with E-state index in [4.69, 9.17) is 15.9 Å². The first-order valence-electron chi connectivity index (χ1n) is 8.49. The summed E-state index contributed by atoms with van der Waals surface area (Å²) in [5, 5.41) is 28.5. The number of carboxylic acid groups (broad SMARTS) is 1. The van der Waals surface area contributed by atoms with E-state index in [0.717, 1.165) is 0 Å². The van der Waals surface area contributed by atoms with Crippen LogP contribution in [0.1, 0.15) is 13.8 Å². The van der Waals surface area contributed by atoms with E-state index in [1.54, 1.807) is 0 Å². The maximum atomic E-state index is 11.9. The third-order valence-corrected chi connectivity index (χ3v) is 3.39. The molecule has 0 aliphatic carbocycles. The standard InChI is InChI=1S/C15H26N6O8/c1-7(19-10(23)3-16)13(26)17-4-11(24)20-8(2)14(27)18-5-12(25)21-9(6-22)15(28)29/h7-9,22H,3-6,16H2,1-2H3,(H,17,26)(H,18,27)(H,19,23)(H,20,24)(H,21,25)(H,28,29). The minimum atomic E-state index is -1.50. The van der Waals surface area contributed by atoms with Crippen LogP contribution in [0.25, 0.3) is 0 Å². The summed E-state index contributed by atoms with van der Waals surface area (Å²) < 4.78 is 0. The highest BCUT2D eigenvalue weighted by Crippen LogP contribution is 1.86. The lowest BCUT2D eigenvalue weighted by molar-refractivity contribution is -0.142. The molecule has 0 aromatic heterocycles. The van der Waals surface area contributed by atoms with Gasteiger partial charge in [0.15, 0.2) is 0 Å². The average molecular weight is 418 g/mol. The molecule has 14 nitrogen and oxygen atoms in total. The van der Waals surface area contributed by atoms with E-state index < -0.39 is 73.3 Å². The number of aliphatic hydroxyl groups is 1. The molecule has 3 atom stereocenters. The van der Waals surface area contributed by atoms with Gasteiger partial charge >= 0.3 is 5.97 Å². The Bertz CT molecular complexity index is 640. The Labute approximate surface area is 165 Å². The number of carboxylic acids is 1. The molecule has 0 aliphatic heterocycles. The van der Waals surface area contributed by atoms with E-state index in [0.29, 0.717) is 0 Å². The van der Waals surface area contributed by atoms with Gasteiger partial charge in [0.1, 0.15) is 18.1 Å². The van der Waals surface area contributed by atoms with Crippen molar-refractivity contribution in [1.29, 1.82) is 0 Å². The fourth-order valence-corrected chi connectivity index (χ4v) is 1.80. The molecule has 0 bridgehead atoms. The Kier molecular flexibility index (Phi) is 11.5. The van der Waals surface area contributed by atoms with E-state index in [9.17, 15) is 28.8 Å². The van der Waals surface area contributed by atoms with Crippen LogP contribution in [0.5, 0.6) is 0 Å². The number of amides is 5. The molecule has 0 aromatic rings. The van der Waals surface area contributed by atoms with Crippen LogP contribution in [0, 0.1) is 0 Å².